The maximum atomic E-state index is 13.0. The van der Waals surface area contributed by atoms with Gasteiger partial charge in [0.2, 0.25) is 5.91 Å². The average molecular weight is 413 g/mol. The van der Waals surface area contributed by atoms with Gasteiger partial charge < -0.3 is 5.32 Å². The molecule has 152 valence electrons. The van der Waals surface area contributed by atoms with Gasteiger partial charge in [0.1, 0.15) is 12.2 Å². The Morgan fingerprint density at radius 1 is 1.03 bits per heavy atom. The molecule has 1 amide bonds. The van der Waals surface area contributed by atoms with E-state index in [1.165, 1.54) is 28.8 Å². The first-order valence-electron chi connectivity index (χ1n) is 8.79. The number of nitrogens with zero attached hydrogens (tertiary/aromatic N) is 4. The predicted molar refractivity (Wildman–Crippen MR) is 103 cm³/mol. The van der Waals surface area contributed by atoms with Crippen molar-refractivity contribution >= 4 is 22.6 Å². The summed E-state index contributed by atoms with van der Waals surface area (Å²) in [6.45, 7) is -0.235. The number of fused-ring (bicyclic) bond motifs is 1. The van der Waals surface area contributed by atoms with Crippen LogP contribution in [0.1, 0.15) is 5.69 Å². The standard InChI is InChI=1S/C20H14F3N5O2/c21-20(22,23)17-9-10-25-28(17)14-7-5-13(6-8-14)26-18(29)12-27-16-4-2-1-3-15(16)24-11-19(27)30/h1-11H,12H2,(H,26,29). The van der Waals surface area contributed by atoms with Gasteiger partial charge in [-0.3, -0.25) is 14.2 Å². The summed E-state index contributed by atoms with van der Waals surface area (Å²) in [6, 6.07) is 13.5. The second-order valence-corrected chi connectivity index (χ2v) is 6.39. The zero-order valence-electron chi connectivity index (χ0n) is 15.3. The van der Waals surface area contributed by atoms with Crippen LogP contribution in [0.2, 0.25) is 0 Å². The minimum absolute atomic E-state index is 0.196. The Labute approximate surface area is 167 Å². The Bertz CT molecular complexity index is 1280. The van der Waals surface area contributed by atoms with Gasteiger partial charge in [-0.25, -0.2) is 9.67 Å². The maximum Gasteiger partial charge on any atom is 0.433 e. The normalized spacial score (nSPS) is 11.6. The molecule has 0 unspecified atom stereocenters. The molecule has 2 aromatic carbocycles. The third-order valence-corrected chi connectivity index (χ3v) is 4.38. The van der Waals surface area contributed by atoms with Crippen LogP contribution in [-0.2, 0) is 17.5 Å². The number of anilines is 1. The maximum absolute atomic E-state index is 13.0. The summed E-state index contributed by atoms with van der Waals surface area (Å²) in [4.78, 5) is 28.6. The number of nitrogens with one attached hydrogen (secondary N) is 1. The summed E-state index contributed by atoms with van der Waals surface area (Å²) in [5.74, 6) is -0.462. The van der Waals surface area contributed by atoms with E-state index in [1.54, 1.807) is 24.3 Å². The fraction of sp³-hybridized carbons (Fsp3) is 0.100. The first-order chi connectivity index (χ1) is 14.3. The first-order valence-corrected chi connectivity index (χ1v) is 8.79. The van der Waals surface area contributed by atoms with E-state index in [0.717, 1.165) is 23.1 Å². The van der Waals surface area contributed by atoms with Crippen molar-refractivity contribution < 1.29 is 18.0 Å². The molecule has 2 heterocycles. The monoisotopic (exact) mass is 413 g/mol. The van der Waals surface area contributed by atoms with E-state index in [4.69, 9.17) is 0 Å². The summed E-state index contributed by atoms with van der Waals surface area (Å²) >= 11 is 0. The molecule has 0 atom stereocenters. The first kappa shape index (κ1) is 19.4. The van der Waals surface area contributed by atoms with Crippen LogP contribution in [0.5, 0.6) is 0 Å². The highest BCUT2D eigenvalue weighted by Crippen LogP contribution is 2.30. The molecule has 0 aliphatic rings. The number of alkyl halides is 3. The molecule has 7 nitrogen and oxygen atoms in total. The lowest BCUT2D eigenvalue weighted by Gasteiger charge is -2.12. The fourth-order valence-electron chi connectivity index (χ4n) is 3.03. The van der Waals surface area contributed by atoms with E-state index >= 15 is 0 Å². The number of hydrogen-bond acceptors (Lipinski definition) is 4. The van der Waals surface area contributed by atoms with E-state index < -0.39 is 23.3 Å². The van der Waals surface area contributed by atoms with E-state index in [0.29, 0.717) is 16.7 Å². The third-order valence-electron chi connectivity index (χ3n) is 4.38. The zero-order valence-corrected chi connectivity index (χ0v) is 15.3. The van der Waals surface area contributed by atoms with Crippen molar-refractivity contribution in [2.45, 2.75) is 12.7 Å². The molecule has 0 aliphatic carbocycles. The Kier molecular flexibility index (Phi) is 4.82. The van der Waals surface area contributed by atoms with Crippen LogP contribution < -0.4 is 10.9 Å². The van der Waals surface area contributed by atoms with Crippen molar-refractivity contribution in [2.24, 2.45) is 0 Å². The number of carbonyl (C=O) groups excluding carboxylic acids is 1. The molecule has 0 saturated carbocycles. The van der Waals surface area contributed by atoms with Crippen molar-refractivity contribution in [1.29, 1.82) is 0 Å². The quantitative estimate of drug-likeness (QED) is 0.557. The summed E-state index contributed by atoms with van der Waals surface area (Å²) in [5.41, 5.74) is 0.348. The Balaban J connectivity index is 1.53. The van der Waals surface area contributed by atoms with Crippen LogP contribution >= 0.6 is 0 Å². The number of para-hydroxylation sites is 2. The summed E-state index contributed by atoms with van der Waals surface area (Å²) in [7, 11) is 0. The van der Waals surface area contributed by atoms with Crippen LogP contribution in [0.15, 0.2) is 71.8 Å². The molecule has 4 rings (SSSR count). The zero-order chi connectivity index (χ0) is 21.3. The number of benzene rings is 2. The van der Waals surface area contributed by atoms with Crippen molar-refractivity contribution in [2.75, 3.05) is 5.32 Å². The number of rotatable bonds is 4. The highest BCUT2D eigenvalue weighted by molar-refractivity contribution is 5.91. The highest BCUT2D eigenvalue weighted by Gasteiger charge is 2.35. The summed E-state index contributed by atoms with van der Waals surface area (Å²) in [5, 5.41) is 6.33. The van der Waals surface area contributed by atoms with Gasteiger partial charge in [0.25, 0.3) is 5.56 Å². The molecule has 0 aliphatic heterocycles. The predicted octanol–water partition coefficient (Wildman–Crippen LogP) is 3.24. The number of hydrogen-bond donors (Lipinski definition) is 1. The molecule has 2 aromatic heterocycles. The van der Waals surface area contributed by atoms with Crippen LogP contribution in [0.3, 0.4) is 0 Å². The SMILES string of the molecule is O=C(Cn1c(=O)cnc2ccccc21)Nc1ccc(-n2nccc2C(F)(F)F)cc1. The molecule has 1 N–H and O–H groups in total. The highest BCUT2D eigenvalue weighted by atomic mass is 19.4. The van der Waals surface area contributed by atoms with Crippen molar-refractivity contribution in [1.82, 2.24) is 19.3 Å². The van der Waals surface area contributed by atoms with E-state index in [1.807, 2.05) is 0 Å². The third kappa shape index (κ3) is 3.79. The lowest BCUT2D eigenvalue weighted by molar-refractivity contribution is -0.142. The van der Waals surface area contributed by atoms with Gasteiger partial charge >= 0.3 is 6.18 Å². The molecule has 0 radical (unpaired) electrons. The van der Waals surface area contributed by atoms with E-state index in [-0.39, 0.29) is 12.2 Å². The topological polar surface area (TPSA) is 81.8 Å². The number of halogens is 3. The largest absolute Gasteiger partial charge is 0.433 e. The molecule has 30 heavy (non-hydrogen) atoms. The molecule has 0 bridgehead atoms. The Morgan fingerprint density at radius 2 is 1.77 bits per heavy atom. The van der Waals surface area contributed by atoms with Crippen LogP contribution in [0, 0.1) is 0 Å². The van der Waals surface area contributed by atoms with Crippen LogP contribution in [0.4, 0.5) is 18.9 Å². The fourth-order valence-corrected chi connectivity index (χ4v) is 3.03. The molecule has 0 spiro atoms. The minimum Gasteiger partial charge on any atom is -0.325 e. The van der Waals surface area contributed by atoms with Crippen LogP contribution in [0.25, 0.3) is 16.7 Å². The minimum atomic E-state index is -4.54. The van der Waals surface area contributed by atoms with Gasteiger partial charge in [-0.2, -0.15) is 18.3 Å². The Morgan fingerprint density at radius 3 is 2.50 bits per heavy atom. The van der Waals surface area contributed by atoms with Crippen molar-refractivity contribution in [3.8, 4) is 5.69 Å². The molecule has 10 heteroatoms. The molecule has 4 aromatic rings. The van der Waals surface area contributed by atoms with Crippen molar-refractivity contribution in [3.05, 3.63) is 83.0 Å². The lowest BCUT2D eigenvalue weighted by atomic mass is 10.2. The van der Waals surface area contributed by atoms with Gasteiger partial charge in [0.15, 0.2) is 0 Å². The smallest absolute Gasteiger partial charge is 0.325 e. The molecular formula is C20H14F3N5O2. The summed E-state index contributed by atoms with van der Waals surface area (Å²) in [6.07, 6.45) is -2.33. The molecule has 0 saturated heterocycles. The molecular weight excluding hydrogens is 399 g/mol. The van der Waals surface area contributed by atoms with E-state index in [9.17, 15) is 22.8 Å². The van der Waals surface area contributed by atoms with Gasteiger partial charge in [0.05, 0.1) is 29.1 Å². The van der Waals surface area contributed by atoms with E-state index in [2.05, 4.69) is 15.4 Å². The number of amides is 1. The van der Waals surface area contributed by atoms with Crippen LogP contribution in [-0.4, -0.2) is 25.2 Å². The van der Waals surface area contributed by atoms with Gasteiger partial charge in [0, 0.05) is 5.69 Å². The van der Waals surface area contributed by atoms with Gasteiger partial charge in [-0.15, -0.1) is 0 Å². The molecule has 0 fully saturated rings. The van der Waals surface area contributed by atoms with Gasteiger partial charge in [-0.05, 0) is 42.5 Å². The second kappa shape index (κ2) is 7.47. The van der Waals surface area contributed by atoms with Gasteiger partial charge in [-0.1, -0.05) is 12.1 Å². The van der Waals surface area contributed by atoms with Crippen molar-refractivity contribution in [3.63, 3.8) is 0 Å². The average Bonchev–Trinajstić information content (AvgIpc) is 3.21. The summed E-state index contributed by atoms with van der Waals surface area (Å²) < 4.78 is 41.1. The Hall–Kier alpha value is -3.95. The number of aromatic nitrogens is 4. The number of carbonyl (C=O) groups is 1. The lowest BCUT2D eigenvalue weighted by Crippen LogP contribution is -2.28. The second-order valence-electron chi connectivity index (χ2n) is 6.39.